The molecule has 3 N–H and O–H groups in total. The van der Waals surface area contributed by atoms with E-state index in [0.29, 0.717) is 6.42 Å². The first-order valence-corrected chi connectivity index (χ1v) is 7.71. The fourth-order valence-corrected chi connectivity index (χ4v) is 3.01. The number of methoxy groups -OCH3 is 1. The first-order chi connectivity index (χ1) is 10.5. The molecule has 5 heteroatoms. The maximum atomic E-state index is 12.5. The Bertz CT molecular complexity index is 518. The molecule has 0 aliphatic heterocycles. The third kappa shape index (κ3) is 3.85. The van der Waals surface area contributed by atoms with E-state index >= 15 is 0 Å². The van der Waals surface area contributed by atoms with Gasteiger partial charge in [-0.1, -0.05) is 30.3 Å². The maximum Gasteiger partial charge on any atom is 0.310 e. The van der Waals surface area contributed by atoms with Crippen LogP contribution in [-0.4, -0.2) is 25.0 Å². The standard InChI is InChI=1S/C17H24N2O3/c1-11(17(21)22-2)15(12-6-4-3-5-7-12)19-16(20)13-8-9-14(18)10-13/h3-7,11,13-15H,8-10,18H2,1-2H3,(H,19,20). The van der Waals surface area contributed by atoms with Gasteiger partial charge in [0.25, 0.3) is 0 Å². The van der Waals surface area contributed by atoms with Crippen molar-refractivity contribution in [1.82, 2.24) is 5.32 Å². The van der Waals surface area contributed by atoms with Gasteiger partial charge in [-0.15, -0.1) is 0 Å². The van der Waals surface area contributed by atoms with Gasteiger partial charge in [0.05, 0.1) is 19.1 Å². The summed E-state index contributed by atoms with van der Waals surface area (Å²) < 4.78 is 4.83. The van der Waals surface area contributed by atoms with Gasteiger partial charge >= 0.3 is 5.97 Å². The number of carbonyl (C=O) groups excluding carboxylic acids is 2. The average molecular weight is 304 g/mol. The Morgan fingerprint density at radius 2 is 1.95 bits per heavy atom. The highest BCUT2D eigenvalue weighted by molar-refractivity contribution is 5.81. The minimum atomic E-state index is -0.452. The lowest BCUT2D eigenvalue weighted by atomic mass is 9.93. The van der Waals surface area contributed by atoms with E-state index in [9.17, 15) is 9.59 Å². The quantitative estimate of drug-likeness (QED) is 0.813. The fraction of sp³-hybridized carbons (Fsp3) is 0.529. The molecule has 1 aromatic rings. The van der Waals surface area contributed by atoms with Crippen LogP contribution in [0, 0.1) is 11.8 Å². The summed E-state index contributed by atoms with van der Waals surface area (Å²) in [6.07, 6.45) is 2.39. The molecule has 120 valence electrons. The molecular formula is C17H24N2O3. The second-order valence-electron chi connectivity index (χ2n) is 5.98. The highest BCUT2D eigenvalue weighted by Crippen LogP contribution is 2.28. The Kier molecular flexibility index (Phi) is 5.55. The van der Waals surface area contributed by atoms with Gasteiger partial charge < -0.3 is 15.8 Å². The monoisotopic (exact) mass is 304 g/mol. The van der Waals surface area contributed by atoms with Gasteiger partial charge in [0.2, 0.25) is 5.91 Å². The summed E-state index contributed by atoms with van der Waals surface area (Å²) in [6, 6.07) is 9.21. The largest absolute Gasteiger partial charge is 0.469 e. The molecule has 0 aromatic heterocycles. The average Bonchev–Trinajstić information content (AvgIpc) is 2.98. The number of nitrogens with one attached hydrogen (secondary N) is 1. The molecule has 1 saturated carbocycles. The van der Waals surface area contributed by atoms with E-state index in [1.165, 1.54) is 7.11 Å². The van der Waals surface area contributed by atoms with E-state index in [2.05, 4.69) is 5.32 Å². The number of benzene rings is 1. The zero-order valence-electron chi connectivity index (χ0n) is 13.1. The van der Waals surface area contributed by atoms with Crippen LogP contribution >= 0.6 is 0 Å². The van der Waals surface area contributed by atoms with Gasteiger partial charge in [0.1, 0.15) is 0 Å². The Morgan fingerprint density at radius 3 is 2.50 bits per heavy atom. The summed E-state index contributed by atoms with van der Waals surface area (Å²) in [6.45, 7) is 1.77. The van der Waals surface area contributed by atoms with E-state index in [1.54, 1.807) is 6.92 Å². The minimum absolute atomic E-state index is 0.0300. The molecular weight excluding hydrogens is 280 g/mol. The smallest absolute Gasteiger partial charge is 0.310 e. The molecule has 4 unspecified atom stereocenters. The number of amides is 1. The topological polar surface area (TPSA) is 81.4 Å². The van der Waals surface area contributed by atoms with Crippen molar-refractivity contribution < 1.29 is 14.3 Å². The van der Waals surface area contributed by atoms with Crippen LogP contribution in [0.25, 0.3) is 0 Å². The Labute approximate surface area is 131 Å². The lowest BCUT2D eigenvalue weighted by molar-refractivity contribution is -0.146. The second-order valence-corrected chi connectivity index (χ2v) is 5.98. The molecule has 0 bridgehead atoms. The summed E-state index contributed by atoms with van der Waals surface area (Å²) in [4.78, 5) is 24.4. The molecule has 0 heterocycles. The van der Waals surface area contributed by atoms with Crippen LogP contribution in [-0.2, 0) is 14.3 Å². The molecule has 1 aliphatic carbocycles. The fourth-order valence-electron chi connectivity index (χ4n) is 3.01. The zero-order chi connectivity index (χ0) is 16.1. The van der Waals surface area contributed by atoms with E-state index < -0.39 is 12.0 Å². The van der Waals surface area contributed by atoms with Crippen molar-refractivity contribution >= 4 is 11.9 Å². The number of hydrogen-bond donors (Lipinski definition) is 2. The molecule has 1 aliphatic rings. The van der Waals surface area contributed by atoms with Crippen LogP contribution < -0.4 is 11.1 Å². The van der Waals surface area contributed by atoms with Gasteiger partial charge in [0, 0.05) is 12.0 Å². The summed E-state index contributed by atoms with van der Waals surface area (Å²) >= 11 is 0. The van der Waals surface area contributed by atoms with Crippen molar-refractivity contribution in [2.45, 2.75) is 38.3 Å². The first-order valence-electron chi connectivity index (χ1n) is 7.71. The van der Waals surface area contributed by atoms with Crippen molar-refractivity contribution in [3.8, 4) is 0 Å². The molecule has 0 saturated heterocycles. The number of rotatable bonds is 5. The van der Waals surface area contributed by atoms with E-state index in [1.807, 2.05) is 30.3 Å². The third-order valence-electron chi connectivity index (χ3n) is 4.37. The van der Waals surface area contributed by atoms with Crippen LogP contribution in [0.3, 0.4) is 0 Å². The van der Waals surface area contributed by atoms with Gasteiger partial charge in [0.15, 0.2) is 0 Å². The highest BCUT2D eigenvalue weighted by atomic mass is 16.5. The van der Waals surface area contributed by atoms with Crippen LogP contribution in [0.4, 0.5) is 0 Å². The summed E-state index contributed by atoms with van der Waals surface area (Å²) in [5.41, 5.74) is 6.78. The van der Waals surface area contributed by atoms with Crippen LogP contribution in [0.5, 0.6) is 0 Å². The summed E-state index contributed by atoms with van der Waals surface area (Å²) in [5.74, 6) is -0.882. The van der Waals surface area contributed by atoms with Crippen molar-refractivity contribution in [3.05, 3.63) is 35.9 Å². The normalized spacial score (nSPS) is 23.6. The highest BCUT2D eigenvalue weighted by Gasteiger charge is 2.32. The number of hydrogen-bond acceptors (Lipinski definition) is 4. The number of esters is 1. The van der Waals surface area contributed by atoms with Crippen LogP contribution in [0.2, 0.25) is 0 Å². The van der Waals surface area contributed by atoms with Gasteiger partial charge in [-0.3, -0.25) is 9.59 Å². The summed E-state index contributed by atoms with van der Waals surface area (Å²) in [5, 5.41) is 3.02. The van der Waals surface area contributed by atoms with E-state index in [0.717, 1.165) is 18.4 Å². The maximum absolute atomic E-state index is 12.5. The van der Waals surface area contributed by atoms with Gasteiger partial charge in [-0.25, -0.2) is 0 Å². The molecule has 22 heavy (non-hydrogen) atoms. The van der Waals surface area contributed by atoms with Crippen molar-refractivity contribution in [3.63, 3.8) is 0 Å². The third-order valence-corrected chi connectivity index (χ3v) is 4.37. The van der Waals surface area contributed by atoms with Gasteiger partial charge in [-0.05, 0) is 31.7 Å². The Hall–Kier alpha value is -1.88. The molecule has 1 fully saturated rings. The summed E-state index contributed by atoms with van der Waals surface area (Å²) in [7, 11) is 1.36. The minimum Gasteiger partial charge on any atom is -0.469 e. The molecule has 0 spiro atoms. The molecule has 1 aromatic carbocycles. The predicted octanol–water partition coefficient (Wildman–Crippen LogP) is 1.78. The number of ether oxygens (including phenoxy) is 1. The lowest BCUT2D eigenvalue weighted by Gasteiger charge is -2.25. The number of carbonyl (C=O) groups is 2. The Balaban J connectivity index is 2.14. The van der Waals surface area contributed by atoms with Gasteiger partial charge in [-0.2, -0.15) is 0 Å². The van der Waals surface area contributed by atoms with Crippen molar-refractivity contribution in [2.75, 3.05) is 7.11 Å². The predicted molar refractivity (Wildman–Crippen MR) is 83.8 cm³/mol. The van der Waals surface area contributed by atoms with E-state index in [-0.39, 0.29) is 23.8 Å². The zero-order valence-corrected chi connectivity index (χ0v) is 13.1. The molecule has 2 rings (SSSR count). The lowest BCUT2D eigenvalue weighted by Crippen LogP contribution is -2.39. The molecule has 5 nitrogen and oxygen atoms in total. The molecule has 0 radical (unpaired) electrons. The second kappa shape index (κ2) is 7.40. The number of nitrogens with two attached hydrogens (primary N) is 1. The van der Waals surface area contributed by atoms with Crippen LogP contribution in [0.15, 0.2) is 30.3 Å². The van der Waals surface area contributed by atoms with E-state index in [4.69, 9.17) is 10.5 Å². The molecule has 1 amide bonds. The SMILES string of the molecule is COC(=O)C(C)C(NC(=O)C1CCC(N)C1)c1ccccc1. The van der Waals surface area contributed by atoms with Crippen molar-refractivity contribution in [2.24, 2.45) is 17.6 Å². The molecule has 4 atom stereocenters. The first kappa shape index (κ1) is 16.5. The van der Waals surface area contributed by atoms with Crippen LogP contribution in [0.1, 0.15) is 37.8 Å². The van der Waals surface area contributed by atoms with Crippen molar-refractivity contribution in [1.29, 1.82) is 0 Å². The Morgan fingerprint density at radius 1 is 1.27 bits per heavy atom.